The summed E-state index contributed by atoms with van der Waals surface area (Å²) >= 11 is 4.92. The molecule has 0 bridgehead atoms. The molecule has 0 aliphatic rings. The summed E-state index contributed by atoms with van der Waals surface area (Å²) in [6.07, 6.45) is 0. The topological polar surface area (TPSA) is 61.3 Å². The largest absolute Gasteiger partial charge is 0.448 e. The Morgan fingerprint density at radius 3 is 2.22 bits per heavy atom. The van der Waals surface area contributed by atoms with Crippen LogP contribution in [0.15, 0.2) is 42.5 Å². The van der Waals surface area contributed by atoms with Crippen molar-refractivity contribution in [3.63, 3.8) is 0 Å². The summed E-state index contributed by atoms with van der Waals surface area (Å²) in [7, 11) is 0. The maximum absolute atomic E-state index is 5.84. The molecular weight excluding hydrogens is 244 g/mol. The lowest BCUT2D eigenvalue weighted by Gasteiger charge is -2.09. The highest BCUT2D eigenvalue weighted by molar-refractivity contribution is 7.80. The number of thiocarbonyl (C=S) groups is 1. The molecule has 0 aliphatic heterocycles. The Bertz CT molecular complexity index is 579. The van der Waals surface area contributed by atoms with Crippen LogP contribution in [0.2, 0.25) is 0 Å². The van der Waals surface area contributed by atoms with Gasteiger partial charge in [0.25, 0.3) is 0 Å². The third-order valence-electron chi connectivity index (χ3n) is 2.51. The zero-order chi connectivity index (χ0) is 13.1. The van der Waals surface area contributed by atoms with Crippen molar-refractivity contribution in [1.29, 1.82) is 0 Å². The molecular formula is C14H14N2OS. The van der Waals surface area contributed by atoms with E-state index in [9.17, 15) is 0 Å². The van der Waals surface area contributed by atoms with Crippen LogP contribution in [0.1, 0.15) is 6.92 Å². The van der Waals surface area contributed by atoms with Crippen LogP contribution in [0, 0.1) is 0 Å². The second-order valence-corrected chi connectivity index (χ2v) is 4.54. The van der Waals surface area contributed by atoms with Gasteiger partial charge in [-0.1, -0.05) is 18.2 Å². The third-order valence-corrected chi connectivity index (χ3v) is 2.59. The predicted octanol–water partition coefficient (Wildman–Crippen LogP) is 3.24. The van der Waals surface area contributed by atoms with Gasteiger partial charge in [-0.25, -0.2) is 0 Å². The van der Waals surface area contributed by atoms with Crippen LogP contribution in [0.25, 0.3) is 11.1 Å². The Hall–Kier alpha value is -2.07. The van der Waals surface area contributed by atoms with Gasteiger partial charge in [-0.2, -0.15) is 0 Å². The van der Waals surface area contributed by atoms with Gasteiger partial charge in [0.05, 0.1) is 5.69 Å². The fourth-order valence-electron chi connectivity index (χ4n) is 1.63. The second kappa shape index (κ2) is 5.06. The first-order valence-corrected chi connectivity index (χ1v) is 5.91. The molecule has 0 radical (unpaired) electrons. The van der Waals surface area contributed by atoms with Crippen molar-refractivity contribution in [2.24, 2.45) is 0 Å². The lowest BCUT2D eigenvalue weighted by molar-refractivity contribution is 0.564. The minimum absolute atomic E-state index is 0.441. The number of nitrogen functional groups attached to an aromatic ring is 2. The molecule has 92 valence electrons. The highest BCUT2D eigenvalue weighted by Crippen LogP contribution is 2.29. The normalized spacial score (nSPS) is 10.1. The zero-order valence-corrected chi connectivity index (χ0v) is 10.8. The Balaban J connectivity index is 2.40. The smallest absolute Gasteiger partial charge is 0.164 e. The highest BCUT2D eigenvalue weighted by Gasteiger charge is 2.05. The fraction of sp³-hybridized carbons (Fsp3) is 0.0714. The van der Waals surface area contributed by atoms with E-state index in [1.54, 1.807) is 13.0 Å². The van der Waals surface area contributed by atoms with Crippen LogP contribution in [0.3, 0.4) is 0 Å². The Kier molecular flexibility index (Phi) is 3.48. The SMILES string of the molecule is CC(=S)Oc1cc(-c2ccc(N)cc2)ccc1N. The van der Waals surface area contributed by atoms with Gasteiger partial charge in [0, 0.05) is 12.6 Å². The molecule has 4 N–H and O–H groups in total. The average molecular weight is 258 g/mol. The second-order valence-electron chi connectivity index (χ2n) is 3.97. The third kappa shape index (κ3) is 2.78. The minimum Gasteiger partial charge on any atom is -0.448 e. The van der Waals surface area contributed by atoms with Crippen LogP contribution in [-0.4, -0.2) is 5.05 Å². The number of benzene rings is 2. The summed E-state index contributed by atoms with van der Waals surface area (Å²) in [4.78, 5) is 0. The van der Waals surface area contributed by atoms with E-state index >= 15 is 0 Å². The van der Waals surface area contributed by atoms with Gasteiger partial charge in [-0.15, -0.1) is 0 Å². The van der Waals surface area contributed by atoms with Crippen LogP contribution in [0.5, 0.6) is 5.75 Å². The number of anilines is 2. The summed E-state index contributed by atoms with van der Waals surface area (Å²) in [6.45, 7) is 1.71. The molecule has 0 aliphatic carbocycles. The Morgan fingerprint density at radius 1 is 1.00 bits per heavy atom. The average Bonchev–Trinajstić information content (AvgIpc) is 2.32. The molecule has 2 aromatic rings. The van der Waals surface area contributed by atoms with E-state index in [-0.39, 0.29) is 0 Å². The van der Waals surface area contributed by atoms with Gasteiger partial charge in [0.1, 0.15) is 0 Å². The Morgan fingerprint density at radius 2 is 1.61 bits per heavy atom. The van der Waals surface area contributed by atoms with Crippen molar-refractivity contribution < 1.29 is 4.74 Å². The standard InChI is InChI=1S/C14H14N2OS/c1-9(18)17-14-8-11(4-7-13(14)16)10-2-5-12(15)6-3-10/h2-8H,15-16H2,1H3. The number of ether oxygens (including phenoxy) is 1. The van der Waals surface area contributed by atoms with Crippen molar-refractivity contribution in [2.45, 2.75) is 6.92 Å². The fourth-order valence-corrected chi connectivity index (χ4v) is 1.72. The first kappa shape index (κ1) is 12.4. The quantitative estimate of drug-likeness (QED) is 0.641. The predicted molar refractivity (Wildman–Crippen MR) is 79.6 cm³/mol. The van der Waals surface area contributed by atoms with E-state index in [4.69, 9.17) is 28.4 Å². The van der Waals surface area contributed by atoms with Crippen molar-refractivity contribution in [1.82, 2.24) is 0 Å². The van der Waals surface area contributed by atoms with Gasteiger partial charge in [-0.05, 0) is 47.6 Å². The number of nitrogens with two attached hydrogens (primary N) is 2. The highest BCUT2D eigenvalue weighted by atomic mass is 32.1. The molecule has 2 aromatic carbocycles. The molecule has 0 atom stereocenters. The molecule has 0 fully saturated rings. The van der Waals surface area contributed by atoms with Crippen LogP contribution in [-0.2, 0) is 0 Å². The van der Waals surface area contributed by atoms with Gasteiger partial charge >= 0.3 is 0 Å². The van der Waals surface area contributed by atoms with E-state index in [2.05, 4.69) is 0 Å². The first-order valence-electron chi connectivity index (χ1n) is 5.50. The van der Waals surface area contributed by atoms with E-state index in [1.807, 2.05) is 36.4 Å². The van der Waals surface area contributed by atoms with Gasteiger partial charge in [0.15, 0.2) is 10.8 Å². The summed E-state index contributed by atoms with van der Waals surface area (Å²) in [5.74, 6) is 0.580. The summed E-state index contributed by atoms with van der Waals surface area (Å²) < 4.78 is 5.41. The first-order chi connectivity index (χ1) is 8.56. The molecule has 0 unspecified atom stereocenters. The van der Waals surface area contributed by atoms with E-state index in [0.29, 0.717) is 16.5 Å². The molecule has 0 spiro atoms. The van der Waals surface area contributed by atoms with Gasteiger partial charge < -0.3 is 16.2 Å². The molecule has 0 aromatic heterocycles. The van der Waals surface area contributed by atoms with Crippen molar-refractivity contribution in [3.8, 4) is 16.9 Å². The lowest BCUT2D eigenvalue weighted by Crippen LogP contribution is -2.02. The Labute approximate surface area is 111 Å². The molecule has 3 nitrogen and oxygen atoms in total. The number of rotatable bonds is 2. The molecule has 0 amide bonds. The molecule has 0 saturated carbocycles. The monoisotopic (exact) mass is 258 g/mol. The van der Waals surface area contributed by atoms with E-state index < -0.39 is 0 Å². The van der Waals surface area contributed by atoms with Crippen LogP contribution in [0.4, 0.5) is 11.4 Å². The van der Waals surface area contributed by atoms with Gasteiger partial charge in [-0.3, -0.25) is 0 Å². The maximum Gasteiger partial charge on any atom is 0.164 e. The summed E-state index contributed by atoms with van der Waals surface area (Å²) in [6, 6.07) is 13.2. The molecule has 0 saturated heterocycles. The molecule has 4 heteroatoms. The maximum atomic E-state index is 5.84. The van der Waals surface area contributed by atoms with E-state index in [0.717, 1.165) is 16.8 Å². The zero-order valence-electron chi connectivity index (χ0n) is 10.0. The van der Waals surface area contributed by atoms with Crippen LogP contribution < -0.4 is 16.2 Å². The molecule has 2 rings (SSSR count). The van der Waals surface area contributed by atoms with Crippen LogP contribution >= 0.6 is 12.2 Å². The van der Waals surface area contributed by atoms with Crippen molar-refractivity contribution >= 4 is 28.6 Å². The lowest BCUT2D eigenvalue weighted by atomic mass is 10.0. The minimum atomic E-state index is 0.441. The van der Waals surface area contributed by atoms with Crippen molar-refractivity contribution in [2.75, 3.05) is 11.5 Å². The molecule has 0 heterocycles. The van der Waals surface area contributed by atoms with Crippen molar-refractivity contribution in [3.05, 3.63) is 42.5 Å². The number of hydrogen-bond acceptors (Lipinski definition) is 4. The summed E-state index contributed by atoms with van der Waals surface area (Å²) in [5.41, 5.74) is 14.9. The summed E-state index contributed by atoms with van der Waals surface area (Å²) in [5, 5.41) is 0.441. The number of hydrogen-bond donors (Lipinski definition) is 2. The molecule has 18 heavy (non-hydrogen) atoms. The van der Waals surface area contributed by atoms with Gasteiger partial charge in [0.2, 0.25) is 0 Å². The van der Waals surface area contributed by atoms with E-state index in [1.165, 1.54) is 0 Å².